The van der Waals surface area contributed by atoms with Crippen molar-refractivity contribution in [2.75, 3.05) is 0 Å². The monoisotopic (exact) mass is 270 g/mol. The number of hydrogen-bond acceptors (Lipinski definition) is 6. The maximum absolute atomic E-state index is 5.47. The van der Waals surface area contributed by atoms with Crippen LogP contribution in [-0.4, -0.2) is 48.0 Å². The van der Waals surface area contributed by atoms with Crippen molar-refractivity contribution in [2.45, 2.75) is 32.4 Å². The molecular weight excluding hydrogens is 260 g/mol. The summed E-state index contributed by atoms with van der Waals surface area (Å²) >= 11 is 4.49. The molecule has 0 aromatic heterocycles. The quantitative estimate of drug-likeness (QED) is 0.485. The molecule has 0 heterocycles. The van der Waals surface area contributed by atoms with Crippen molar-refractivity contribution in [1.82, 2.24) is 7.42 Å². The minimum absolute atomic E-state index is 0.242. The molecule has 2 nitrogen and oxygen atoms in total. The second-order valence-corrected chi connectivity index (χ2v) is 5.81. The summed E-state index contributed by atoms with van der Waals surface area (Å²) in [6, 6.07) is 0.485. The Balaban J connectivity index is 4.08. The molecule has 0 fully saturated rings. The highest BCUT2D eigenvalue weighted by Crippen LogP contribution is 2.27. The maximum Gasteiger partial charge on any atom is 0.186 e. The van der Waals surface area contributed by atoms with Crippen LogP contribution in [0.15, 0.2) is 0 Å². The van der Waals surface area contributed by atoms with Crippen LogP contribution in [0.5, 0.6) is 0 Å². The number of rotatable bonds is 8. The summed E-state index contributed by atoms with van der Waals surface area (Å²) < 4.78 is 3.66. The van der Waals surface area contributed by atoms with Gasteiger partial charge in [-0.05, 0) is 20.3 Å². The standard InChI is InChI=1S/C5H10B4N2S4/c1-4(10(12-6)13-7)3-5(2)11(14-8)15-9/h4-5H,3H2,1-2H3. The Morgan fingerprint density at radius 1 is 0.800 bits per heavy atom. The third-order valence-corrected chi connectivity index (χ3v) is 5.12. The minimum Gasteiger partial charge on any atom is -0.215 e. The van der Waals surface area contributed by atoms with Crippen LogP contribution in [-0.2, 0) is 0 Å². The number of hydrogen-bond donors (Lipinski definition) is 0. The predicted molar refractivity (Wildman–Crippen MR) is 80.6 cm³/mol. The van der Waals surface area contributed by atoms with E-state index in [1.54, 1.807) is 0 Å². The second-order valence-electron chi connectivity index (χ2n) is 2.93. The summed E-state index contributed by atoms with van der Waals surface area (Å²) in [7, 11) is 21.9. The van der Waals surface area contributed by atoms with Crippen molar-refractivity contribution in [3.8, 4) is 0 Å². The molecule has 0 bridgehead atoms. The van der Waals surface area contributed by atoms with Crippen molar-refractivity contribution in [2.24, 2.45) is 0 Å². The molecule has 0 aliphatic rings. The summed E-state index contributed by atoms with van der Waals surface area (Å²) in [4.78, 5) is 0. The minimum atomic E-state index is 0.242. The fraction of sp³-hybridized carbons (Fsp3) is 1.00. The van der Waals surface area contributed by atoms with Crippen LogP contribution < -0.4 is 0 Å². The van der Waals surface area contributed by atoms with E-state index in [0.717, 1.165) is 53.6 Å². The zero-order valence-corrected chi connectivity index (χ0v) is 12.0. The van der Waals surface area contributed by atoms with Gasteiger partial charge in [0.15, 0.2) is 28.5 Å². The average Bonchev–Trinajstić information content (AvgIpc) is 2.21. The average molecular weight is 270 g/mol. The first kappa shape index (κ1) is 16.6. The summed E-state index contributed by atoms with van der Waals surface area (Å²) in [6.07, 6.45) is 0.878. The molecule has 0 N–H and O–H groups in total. The maximum atomic E-state index is 5.47. The Bertz CT molecular complexity index is 144. The van der Waals surface area contributed by atoms with Crippen LogP contribution in [0, 0.1) is 0 Å². The van der Waals surface area contributed by atoms with E-state index in [0.29, 0.717) is 0 Å². The van der Waals surface area contributed by atoms with E-state index in [2.05, 4.69) is 13.8 Å². The first-order chi connectivity index (χ1) is 7.10. The Labute approximate surface area is 115 Å². The lowest BCUT2D eigenvalue weighted by molar-refractivity contribution is 0.416. The van der Waals surface area contributed by atoms with Crippen molar-refractivity contribution in [3.63, 3.8) is 0 Å². The molecule has 0 spiro atoms. The van der Waals surface area contributed by atoms with E-state index >= 15 is 0 Å². The Hall–Kier alpha value is 1.58. The third-order valence-electron chi connectivity index (χ3n) is 1.82. The zero-order chi connectivity index (χ0) is 11.8. The van der Waals surface area contributed by atoms with Gasteiger partial charge in [-0.15, -0.1) is 47.2 Å². The molecule has 2 unspecified atom stereocenters. The lowest BCUT2D eigenvalue weighted by Gasteiger charge is -2.31. The summed E-state index contributed by atoms with van der Waals surface area (Å²) in [5.41, 5.74) is 0. The molecule has 0 rings (SSSR count). The highest BCUT2D eigenvalue weighted by atomic mass is 32.2. The van der Waals surface area contributed by atoms with Gasteiger partial charge in [0.2, 0.25) is 0 Å². The van der Waals surface area contributed by atoms with Crippen LogP contribution in [0.3, 0.4) is 0 Å². The van der Waals surface area contributed by atoms with Crippen LogP contribution in [0.4, 0.5) is 0 Å². The topological polar surface area (TPSA) is 6.48 Å². The predicted octanol–water partition coefficient (Wildman–Crippen LogP) is 1.68. The van der Waals surface area contributed by atoms with Gasteiger partial charge in [-0.3, -0.25) is 0 Å². The molecule has 8 radical (unpaired) electrons. The molecule has 0 aliphatic heterocycles. The van der Waals surface area contributed by atoms with Gasteiger partial charge in [-0.1, -0.05) is 0 Å². The molecule has 10 heteroatoms. The summed E-state index contributed by atoms with van der Waals surface area (Å²) in [5, 5.41) is 0. The molecule has 0 aliphatic carbocycles. The third kappa shape index (κ3) is 6.17. The van der Waals surface area contributed by atoms with E-state index in [-0.39, 0.29) is 12.1 Å². The largest absolute Gasteiger partial charge is 0.215 e. The number of nitrogens with zero attached hydrogens (tertiary/aromatic N) is 2. The van der Waals surface area contributed by atoms with Gasteiger partial charge in [0.1, 0.15) is 0 Å². The molecule has 2 atom stereocenters. The highest BCUT2D eigenvalue weighted by Gasteiger charge is 2.18. The van der Waals surface area contributed by atoms with E-state index in [1.165, 1.54) is 0 Å². The van der Waals surface area contributed by atoms with E-state index in [9.17, 15) is 0 Å². The first-order valence-electron chi connectivity index (χ1n) is 4.16. The van der Waals surface area contributed by atoms with Crippen molar-refractivity contribution < 1.29 is 0 Å². The van der Waals surface area contributed by atoms with Gasteiger partial charge < -0.3 is 0 Å². The smallest absolute Gasteiger partial charge is 0.186 e. The molecule has 15 heavy (non-hydrogen) atoms. The fourth-order valence-corrected chi connectivity index (χ4v) is 2.70. The zero-order valence-electron chi connectivity index (χ0n) is 8.70. The Morgan fingerprint density at radius 2 is 1.07 bits per heavy atom. The van der Waals surface area contributed by atoms with Gasteiger partial charge in [0.05, 0.1) is 0 Å². The lowest BCUT2D eigenvalue weighted by Crippen LogP contribution is -2.30. The summed E-state index contributed by atoms with van der Waals surface area (Å²) in [5.74, 6) is 0. The van der Waals surface area contributed by atoms with Gasteiger partial charge >= 0.3 is 0 Å². The first-order valence-corrected chi connectivity index (χ1v) is 7.51. The fourth-order valence-electron chi connectivity index (χ4n) is 1.13. The highest BCUT2D eigenvalue weighted by molar-refractivity contribution is 8.31. The lowest BCUT2D eigenvalue weighted by atomic mass is 10.1. The van der Waals surface area contributed by atoms with Crippen molar-refractivity contribution in [3.05, 3.63) is 0 Å². The van der Waals surface area contributed by atoms with E-state index < -0.39 is 0 Å². The molecule has 76 valence electrons. The second kappa shape index (κ2) is 9.59. The molecule has 0 amide bonds. The van der Waals surface area contributed by atoms with Gasteiger partial charge in [-0.25, -0.2) is 7.42 Å². The molecule has 0 saturated carbocycles. The molecule has 0 aromatic carbocycles. The molecule has 0 aromatic rings. The Kier molecular flexibility index (Phi) is 10.6. The van der Waals surface area contributed by atoms with Crippen LogP contribution in [0.25, 0.3) is 0 Å². The normalized spacial score (nSPS) is 15.7. The Morgan fingerprint density at radius 3 is 1.27 bits per heavy atom. The van der Waals surface area contributed by atoms with Gasteiger partial charge in [-0.2, -0.15) is 0 Å². The van der Waals surface area contributed by atoms with Gasteiger partial charge in [0.25, 0.3) is 0 Å². The summed E-state index contributed by atoms with van der Waals surface area (Å²) in [6.45, 7) is 4.10. The van der Waals surface area contributed by atoms with Crippen molar-refractivity contribution >= 4 is 75.7 Å². The van der Waals surface area contributed by atoms with E-state index in [1.807, 2.05) is 7.42 Å². The van der Waals surface area contributed by atoms with E-state index in [4.69, 9.17) is 28.5 Å². The molecular formula is C5H10B4N2S4. The van der Waals surface area contributed by atoms with Gasteiger partial charge in [0, 0.05) is 12.1 Å². The SMILES string of the molecule is [B]SN(S[B])C(C)CC(C)N(S[B])S[B]. The van der Waals surface area contributed by atoms with Crippen LogP contribution in [0.2, 0.25) is 0 Å². The van der Waals surface area contributed by atoms with Crippen LogP contribution >= 0.6 is 47.2 Å². The van der Waals surface area contributed by atoms with Crippen molar-refractivity contribution in [1.29, 1.82) is 0 Å². The molecule has 0 saturated heterocycles. The van der Waals surface area contributed by atoms with Crippen LogP contribution in [0.1, 0.15) is 20.3 Å².